The zero-order chi connectivity index (χ0) is 16.8. The molecule has 0 aliphatic carbocycles. The highest BCUT2D eigenvalue weighted by Gasteiger charge is 2.14. The van der Waals surface area contributed by atoms with Crippen LogP contribution >= 0.6 is 0 Å². The summed E-state index contributed by atoms with van der Waals surface area (Å²) in [5, 5.41) is 6.91. The normalized spacial score (nSPS) is 10.6. The van der Waals surface area contributed by atoms with Gasteiger partial charge in [0.05, 0.1) is 5.69 Å². The third kappa shape index (κ3) is 4.07. The Labute approximate surface area is 134 Å². The van der Waals surface area contributed by atoms with Gasteiger partial charge in [-0.15, -0.1) is 0 Å². The number of carbonyl (C=O) groups is 1. The number of aromatic nitrogens is 2. The highest BCUT2D eigenvalue weighted by atomic mass is 19.1. The summed E-state index contributed by atoms with van der Waals surface area (Å²) in [6, 6.07) is 6.49. The van der Waals surface area contributed by atoms with Crippen LogP contribution < -0.4 is 10.1 Å². The molecule has 0 fully saturated rings. The Balaban J connectivity index is 2.05. The Morgan fingerprint density at radius 2 is 2.22 bits per heavy atom. The number of nitrogens with one attached hydrogen (secondary N) is 1. The van der Waals surface area contributed by atoms with Crippen molar-refractivity contribution in [3.63, 3.8) is 0 Å². The lowest BCUT2D eigenvalue weighted by molar-refractivity contribution is 0.0481. The first kappa shape index (κ1) is 17.0. The highest BCUT2D eigenvalue weighted by Crippen LogP contribution is 2.20. The standard InChI is InChI=1S/C16H20FN3O3/c1-4-12-8-13(20(2)19-12)16(21)18-9-11-6-5-7-14(15(11)17)23-10-22-3/h5-8H,4,9-10H2,1-3H3,(H,18,21). The Bertz CT molecular complexity index is 685. The number of ether oxygens (including phenoxy) is 2. The van der Waals surface area contributed by atoms with Crippen molar-refractivity contribution in [2.75, 3.05) is 13.9 Å². The van der Waals surface area contributed by atoms with Crippen LogP contribution in [0.5, 0.6) is 5.75 Å². The van der Waals surface area contributed by atoms with Gasteiger partial charge in [-0.05, 0) is 18.6 Å². The number of rotatable bonds is 7. The van der Waals surface area contributed by atoms with Gasteiger partial charge in [0.2, 0.25) is 0 Å². The first-order valence-corrected chi connectivity index (χ1v) is 7.27. The smallest absolute Gasteiger partial charge is 0.269 e. The molecular weight excluding hydrogens is 301 g/mol. The molecule has 0 aliphatic rings. The fourth-order valence-corrected chi connectivity index (χ4v) is 2.10. The molecule has 1 aromatic heterocycles. The summed E-state index contributed by atoms with van der Waals surface area (Å²) in [5.74, 6) is -0.723. The van der Waals surface area contributed by atoms with E-state index in [9.17, 15) is 9.18 Å². The molecule has 0 radical (unpaired) electrons. The molecule has 1 aromatic carbocycles. The molecule has 0 unspecified atom stereocenters. The number of benzene rings is 1. The quantitative estimate of drug-likeness (QED) is 0.793. The van der Waals surface area contributed by atoms with E-state index in [2.05, 4.69) is 10.4 Å². The second-order valence-electron chi connectivity index (χ2n) is 4.96. The number of halogens is 1. The van der Waals surface area contributed by atoms with E-state index < -0.39 is 5.82 Å². The summed E-state index contributed by atoms with van der Waals surface area (Å²) in [4.78, 5) is 12.2. The van der Waals surface area contributed by atoms with Crippen LogP contribution in [0.3, 0.4) is 0 Å². The predicted octanol–water partition coefficient (Wildman–Crippen LogP) is 2.03. The topological polar surface area (TPSA) is 65.4 Å². The predicted molar refractivity (Wildman–Crippen MR) is 82.7 cm³/mol. The Hall–Kier alpha value is -2.41. The van der Waals surface area contributed by atoms with E-state index in [1.54, 1.807) is 25.2 Å². The third-order valence-electron chi connectivity index (χ3n) is 3.34. The summed E-state index contributed by atoms with van der Waals surface area (Å²) in [5.41, 5.74) is 1.61. The number of methoxy groups -OCH3 is 1. The van der Waals surface area contributed by atoms with E-state index in [-0.39, 0.29) is 25.0 Å². The summed E-state index contributed by atoms with van der Waals surface area (Å²) >= 11 is 0. The van der Waals surface area contributed by atoms with Crippen LogP contribution in [0.25, 0.3) is 0 Å². The van der Waals surface area contributed by atoms with E-state index in [4.69, 9.17) is 9.47 Å². The van der Waals surface area contributed by atoms with Crippen LogP contribution in [-0.4, -0.2) is 29.6 Å². The average Bonchev–Trinajstić information content (AvgIpc) is 2.93. The first-order valence-electron chi connectivity index (χ1n) is 7.27. The van der Waals surface area contributed by atoms with Gasteiger partial charge in [0, 0.05) is 26.3 Å². The maximum absolute atomic E-state index is 14.2. The van der Waals surface area contributed by atoms with Crippen molar-refractivity contribution in [1.29, 1.82) is 0 Å². The molecule has 1 N–H and O–H groups in total. The fourth-order valence-electron chi connectivity index (χ4n) is 2.10. The molecule has 2 rings (SSSR count). The van der Waals surface area contributed by atoms with E-state index in [0.29, 0.717) is 11.3 Å². The van der Waals surface area contributed by atoms with Crippen molar-refractivity contribution >= 4 is 5.91 Å². The Morgan fingerprint density at radius 1 is 1.43 bits per heavy atom. The van der Waals surface area contributed by atoms with Crippen LogP contribution in [0.15, 0.2) is 24.3 Å². The molecule has 1 heterocycles. The van der Waals surface area contributed by atoms with Gasteiger partial charge in [0.1, 0.15) is 5.69 Å². The van der Waals surface area contributed by atoms with Crippen molar-refractivity contribution in [2.45, 2.75) is 19.9 Å². The van der Waals surface area contributed by atoms with Crippen molar-refractivity contribution < 1.29 is 18.7 Å². The summed E-state index contributed by atoms with van der Waals surface area (Å²) in [6.07, 6.45) is 0.745. The van der Waals surface area contributed by atoms with Crippen molar-refractivity contribution in [1.82, 2.24) is 15.1 Å². The van der Waals surface area contributed by atoms with E-state index in [1.165, 1.54) is 17.9 Å². The van der Waals surface area contributed by atoms with Crippen LogP contribution in [0, 0.1) is 5.82 Å². The molecule has 0 saturated heterocycles. The minimum atomic E-state index is -0.510. The summed E-state index contributed by atoms with van der Waals surface area (Å²) < 4.78 is 25.6. The van der Waals surface area contributed by atoms with Crippen molar-refractivity contribution in [3.8, 4) is 5.75 Å². The third-order valence-corrected chi connectivity index (χ3v) is 3.34. The molecule has 0 saturated carbocycles. The number of carbonyl (C=O) groups excluding carboxylic acids is 1. The van der Waals surface area contributed by atoms with Crippen molar-refractivity contribution in [3.05, 3.63) is 47.0 Å². The van der Waals surface area contributed by atoms with Gasteiger partial charge >= 0.3 is 0 Å². The maximum atomic E-state index is 14.2. The van der Waals surface area contributed by atoms with Gasteiger partial charge in [-0.1, -0.05) is 19.1 Å². The molecular formula is C16H20FN3O3. The van der Waals surface area contributed by atoms with E-state index in [1.807, 2.05) is 6.92 Å². The van der Waals surface area contributed by atoms with Crippen LogP contribution in [-0.2, 0) is 24.8 Å². The lowest BCUT2D eigenvalue weighted by Crippen LogP contribution is -2.25. The summed E-state index contributed by atoms with van der Waals surface area (Å²) in [7, 11) is 3.16. The maximum Gasteiger partial charge on any atom is 0.269 e. The molecule has 7 heteroatoms. The molecule has 2 aromatic rings. The van der Waals surface area contributed by atoms with E-state index >= 15 is 0 Å². The second-order valence-corrected chi connectivity index (χ2v) is 4.96. The van der Waals surface area contributed by atoms with Gasteiger partial charge in [0.15, 0.2) is 18.4 Å². The molecule has 124 valence electrons. The van der Waals surface area contributed by atoms with Gasteiger partial charge in [0.25, 0.3) is 5.91 Å². The molecule has 0 bridgehead atoms. The fraction of sp³-hybridized carbons (Fsp3) is 0.375. The minimum Gasteiger partial charge on any atom is -0.464 e. The largest absolute Gasteiger partial charge is 0.464 e. The first-order chi connectivity index (χ1) is 11.1. The number of nitrogens with zero attached hydrogens (tertiary/aromatic N) is 2. The van der Waals surface area contributed by atoms with Crippen LogP contribution in [0.1, 0.15) is 28.7 Å². The number of hydrogen-bond acceptors (Lipinski definition) is 4. The lowest BCUT2D eigenvalue weighted by atomic mass is 10.2. The summed E-state index contributed by atoms with van der Waals surface area (Å²) in [6.45, 7) is 1.98. The zero-order valence-electron chi connectivity index (χ0n) is 13.4. The Morgan fingerprint density at radius 3 is 2.87 bits per heavy atom. The highest BCUT2D eigenvalue weighted by molar-refractivity contribution is 5.92. The van der Waals surface area contributed by atoms with Gasteiger partial charge in [-0.3, -0.25) is 9.48 Å². The van der Waals surface area contributed by atoms with Crippen LogP contribution in [0.2, 0.25) is 0 Å². The van der Waals surface area contributed by atoms with Gasteiger partial charge in [-0.25, -0.2) is 4.39 Å². The molecule has 23 heavy (non-hydrogen) atoms. The van der Waals surface area contributed by atoms with Gasteiger partial charge in [-0.2, -0.15) is 5.10 Å². The Kier molecular flexibility index (Phi) is 5.70. The number of aryl methyl sites for hydroxylation is 2. The second kappa shape index (κ2) is 7.73. The van der Waals surface area contributed by atoms with Gasteiger partial charge < -0.3 is 14.8 Å². The minimum absolute atomic E-state index is 0.0401. The molecule has 1 amide bonds. The SMILES string of the molecule is CCc1cc(C(=O)NCc2cccc(OCOC)c2F)n(C)n1. The monoisotopic (exact) mass is 321 g/mol. The molecule has 0 atom stereocenters. The van der Waals surface area contributed by atoms with E-state index in [0.717, 1.165) is 12.1 Å². The van der Waals surface area contributed by atoms with Crippen LogP contribution in [0.4, 0.5) is 4.39 Å². The average molecular weight is 321 g/mol. The number of amides is 1. The lowest BCUT2D eigenvalue weighted by Gasteiger charge is -2.10. The molecule has 6 nitrogen and oxygen atoms in total. The zero-order valence-corrected chi connectivity index (χ0v) is 13.4. The molecule has 0 aliphatic heterocycles. The number of hydrogen-bond donors (Lipinski definition) is 1. The van der Waals surface area contributed by atoms with Crippen molar-refractivity contribution in [2.24, 2.45) is 7.05 Å². The molecule has 0 spiro atoms.